The molecule has 2 aromatic heterocycles. The number of hydrogen-bond donors (Lipinski definition) is 3. The van der Waals surface area contributed by atoms with Gasteiger partial charge in [-0.2, -0.15) is 0 Å². The van der Waals surface area contributed by atoms with Crippen LogP contribution in [-0.2, 0) is 0 Å². The number of amides is 1. The summed E-state index contributed by atoms with van der Waals surface area (Å²) < 4.78 is 0. The number of carbonyl (C=O) groups is 1. The summed E-state index contributed by atoms with van der Waals surface area (Å²) in [5.74, 6) is -0.141. The number of nitrogens with zero attached hydrogens (tertiary/aromatic N) is 1. The van der Waals surface area contributed by atoms with Gasteiger partial charge in [0.1, 0.15) is 5.69 Å². The van der Waals surface area contributed by atoms with Gasteiger partial charge in [-0.25, -0.2) is 4.98 Å². The van der Waals surface area contributed by atoms with Gasteiger partial charge >= 0.3 is 0 Å². The molecular formula is C15H19N3O2S. The summed E-state index contributed by atoms with van der Waals surface area (Å²) in [4.78, 5) is 19.7. The van der Waals surface area contributed by atoms with Gasteiger partial charge in [0.25, 0.3) is 5.91 Å². The molecule has 2 atom stereocenters. The van der Waals surface area contributed by atoms with Gasteiger partial charge in [0.2, 0.25) is 0 Å². The van der Waals surface area contributed by atoms with Crippen molar-refractivity contribution < 1.29 is 9.90 Å². The van der Waals surface area contributed by atoms with Crippen LogP contribution in [0.1, 0.15) is 35.8 Å². The average Bonchev–Trinajstić information content (AvgIpc) is 3.06. The molecule has 2 heterocycles. The van der Waals surface area contributed by atoms with Crippen LogP contribution >= 0.6 is 11.3 Å². The van der Waals surface area contributed by atoms with Crippen molar-refractivity contribution in [2.75, 3.05) is 0 Å². The second-order valence-electron chi connectivity index (χ2n) is 6.15. The normalized spacial score (nSPS) is 23.6. The lowest BCUT2D eigenvalue weighted by atomic mass is 9.64. The number of aromatic amines is 1. The smallest absolute Gasteiger partial charge is 0.267 e. The number of aliphatic hydroxyl groups excluding tert-OH is 1. The molecule has 1 aliphatic carbocycles. The Morgan fingerprint density at radius 2 is 2.33 bits per heavy atom. The van der Waals surface area contributed by atoms with Gasteiger partial charge in [0.15, 0.2) is 0 Å². The Morgan fingerprint density at radius 1 is 1.57 bits per heavy atom. The van der Waals surface area contributed by atoms with Crippen molar-refractivity contribution in [3.63, 3.8) is 0 Å². The first-order chi connectivity index (χ1) is 9.88. The minimum atomic E-state index is -0.347. The molecule has 1 aliphatic rings. The lowest BCUT2D eigenvalue weighted by molar-refractivity contribution is -0.0690. The van der Waals surface area contributed by atoms with E-state index in [1.165, 1.54) is 0 Å². The van der Waals surface area contributed by atoms with E-state index in [1.54, 1.807) is 17.5 Å². The van der Waals surface area contributed by atoms with Crippen LogP contribution in [-0.4, -0.2) is 33.1 Å². The Bertz CT molecular complexity index is 674. The first kappa shape index (κ1) is 14.3. The van der Waals surface area contributed by atoms with E-state index in [2.05, 4.69) is 15.3 Å². The van der Waals surface area contributed by atoms with Crippen LogP contribution in [0.5, 0.6) is 0 Å². The lowest BCUT2D eigenvalue weighted by Crippen LogP contribution is -2.61. The predicted molar refractivity (Wildman–Crippen MR) is 82.3 cm³/mol. The van der Waals surface area contributed by atoms with Crippen LogP contribution < -0.4 is 5.32 Å². The summed E-state index contributed by atoms with van der Waals surface area (Å²) in [7, 11) is 0. The molecule has 2 aromatic rings. The highest BCUT2D eigenvalue weighted by Gasteiger charge is 2.48. The quantitative estimate of drug-likeness (QED) is 0.814. The van der Waals surface area contributed by atoms with E-state index in [0.29, 0.717) is 12.1 Å². The maximum absolute atomic E-state index is 12.3. The molecule has 1 fully saturated rings. The summed E-state index contributed by atoms with van der Waals surface area (Å²) >= 11 is 1.59. The van der Waals surface area contributed by atoms with Crippen LogP contribution in [0.15, 0.2) is 17.6 Å². The first-order valence-electron chi connectivity index (χ1n) is 6.98. The molecule has 2 unspecified atom stereocenters. The van der Waals surface area contributed by atoms with Crippen LogP contribution in [0.3, 0.4) is 0 Å². The summed E-state index contributed by atoms with van der Waals surface area (Å²) in [6, 6.07) is 1.82. The molecule has 0 saturated heterocycles. The third kappa shape index (κ3) is 2.49. The molecule has 6 heteroatoms. The van der Waals surface area contributed by atoms with Crippen molar-refractivity contribution in [3.8, 4) is 11.3 Å². The van der Waals surface area contributed by atoms with Gasteiger partial charge in [-0.1, -0.05) is 13.8 Å². The predicted octanol–water partition coefficient (Wildman–Crippen LogP) is 2.34. The standard InChI is InChI=1S/C15H19N3O2S/c1-8-17-11(7-21-8)9-4-10(16-6-9)14(20)18-12-5-13(19)15(12,2)3/h4,6-7,12-13,16,19H,5H2,1-3H3,(H,18,20). The highest BCUT2D eigenvalue weighted by Crippen LogP contribution is 2.40. The molecule has 5 nitrogen and oxygen atoms in total. The summed E-state index contributed by atoms with van der Waals surface area (Å²) in [5, 5.41) is 15.7. The fraction of sp³-hybridized carbons (Fsp3) is 0.467. The zero-order valence-corrected chi connectivity index (χ0v) is 13.1. The van der Waals surface area contributed by atoms with E-state index in [-0.39, 0.29) is 23.5 Å². The number of aromatic nitrogens is 2. The monoisotopic (exact) mass is 305 g/mol. The third-order valence-electron chi connectivity index (χ3n) is 4.36. The van der Waals surface area contributed by atoms with Crippen molar-refractivity contribution in [3.05, 3.63) is 28.3 Å². The number of rotatable bonds is 3. The van der Waals surface area contributed by atoms with Gasteiger partial charge < -0.3 is 15.4 Å². The second kappa shape index (κ2) is 4.96. The highest BCUT2D eigenvalue weighted by atomic mass is 32.1. The van der Waals surface area contributed by atoms with Crippen LogP contribution in [0.2, 0.25) is 0 Å². The molecule has 0 aliphatic heterocycles. The van der Waals surface area contributed by atoms with Crippen molar-refractivity contribution in [1.82, 2.24) is 15.3 Å². The number of aliphatic hydroxyl groups is 1. The van der Waals surface area contributed by atoms with E-state index in [9.17, 15) is 9.90 Å². The number of nitrogens with one attached hydrogen (secondary N) is 2. The lowest BCUT2D eigenvalue weighted by Gasteiger charge is -2.49. The number of H-pyrrole nitrogens is 1. The Kier molecular flexibility index (Phi) is 3.37. The SMILES string of the molecule is Cc1nc(-c2c[nH]c(C(=O)NC3CC(O)C3(C)C)c2)cs1. The molecular weight excluding hydrogens is 286 g/mol. The molecule has 112 valence electrons. The Morgan fingerprint density at radius 3 is 2.90 bits per heavy atom. The van der Waals surface area contributed by atoms with E-state index in [4.69, 9.17) is 0 Å². The minimum Gasteiger partial charge on any atom is -0.392 e. The van der Waals surface area contributed by atoms with Gasteiger partial charge in [0.05, 0.1) is 16.8 Å². The summed E-state index contributed by atoms with van der Waals surface area (Å²) in [6.07, 6.45) is 2.06. The van der Waals surface area contributed by atoms with E-state index < -0.39 is 0 Å². The maximum atomic E-state index is 12.3. The third-order valence-corrected chi connectivity index (χ3v) is 5.14. The van der Waals surface area contributed by atoms with Gasteiger partial charge in [-0.3, -0.25) is 4.79 Å². The number of aryl methyl sites for hydroxylation is 1. The fourth-order valence-corrected chi connectivity index (χ4v) is 3.17. The summed E-state index contributed by atoms with van der Waals surface area (Å²) in [6.45, 7) is 5.88. The molecule has 21 heavy (non-hydrogen) atoms. The fourth-order valence-electron chi connectivity index (χ4n) is 2.55. The minimum absolute atomic E-state index is 0.00765. The Balaban J connectivity index is 1.70. The Hall–Kier alpha value is -1.66. The maximum Gasteiger partial charge on any atom is 0.267 e. The van der Waals surface area contributed by atoms with E-state index in [1.807, 2.05) is 32.2 Å². The van der Waals surface area contributed by atoms with E-state index >= 15 is 0 Å². The molecule has 0 bridgehead atoms. The molecule has 1 saturated carbocycles. The van der Waals surface area contributed by atoms with Crippen molar-refractivity contribution in [2.45, 2.75) is 39.3 Å². The topological polar surface area (TPSA) is 78.0 Å². The van der Waals surface area contributed by atoms with Crippen LogP contribution in [0.4, 0.5) is 0 Å². The highest BCUT2D eigenvalue weighted by molar-refractivity contribution is 7.09. The van der Waals surface area contributed by atoms with E-state index in [0.717, 1.165) is 16.3 Å². The van der Waals surface area contributed by atoms with Gasteiger partial charge in [0, 0.05) is 28.6 Å². The van der Waals surface area contributed by atoms with Gasteiger partial charge in [-0.15, -0.1) is 11.3 Å². The zero-order valence-electron chi connectivity index (χ0n) is 12.3. The summed E-state index contributed by atoms with van der Waals surface area (Å²) in [5.41, 5.74) is 2.05. The molecule has 1 amide bonds. The zero-order chi connectivity index (χ0) is 15.2. The Labute approximate surface area is 127 Å². The van der Waals surface area contributed by atoms with Crippen LogP contribution in [0.25, 0.3) is 11.3 Å². The first-order valence-corrected chi connectivity index (χ1v) is 7.85. The molecule has 0 aromatic carbocycles. The second-order valence-corrected chi connectivity index (χ2v) is 7.21. The van der Waals surface area contributed by atoms with Crippen molar-refractivity contribution in [2.24, 2.45) is 5.41 Å². The molecule has 0 spiro atoms. The number of hydrogen-bond acceptors (Lipinski definition) is 4. The van der Waals surface area contributed by atoms with Crippen molar-refractivity contribution in [1.29, 1.82) is 0 Å². The van der Waals surface area contributed by atoms with Crippen LogP contribution in [0, 0.1) is 12.3 Å². The molecule has 3 N–H and O–H groups in total. The van der Waals surface area contributed by atoms with Crippen molar-refractivity contribution >= 4 is 17.2 Å². The number of thiazole rings is 1. The average molecular weight is 305 g/mol. The molecule has 0 radical (unpaired) electrons. The largest absolute Gasteiger partial charge is 0.392 e. The number of carbonyl (C=O) groups excluding carboxylic acids is 1. The van der Waals surface area contributed by atoms with Gasteiger partial charge in [-0.05, 0) is 19.4 Å². The molecule has 3 rings (SSSR count).